The number of nitrogens with zero attached hydrogens (tertiary/aromatic N) is 4. The summed E-state index contributed by atoms with van der Waals surface area (Å²) >= 11 is 4.98. The van der Waals surface area contributed by atoms with Gasteiger partial charge in [0.1, 0.15) is 11.9 Å². The Morgan fingerprint density at radius 1 is 1.38 bits per heavy atom. The molecule has 0 spiro atoms. The zero-order valence-corrected chi connectivity index (χ0v) is 19.9. The summed E-state index contributed by atoms with van der Waals surface area (Å²) < 4.78 is 25.3. The van der Waals surface area contributed by atoms with Gasteiger partial charge in [-0.25, -0.2) is 14.2 Å². The number of benzene rings is 1. The lowest BCUT2D eigenvalue weighted by Crippen LogP contribution is -2.58. The van der Waals surface area contributed by atoms with Gasteiger partial charge in [-0.1, -0.05) is 22.0 Å². The van der Waals surface area contributed by atoms with E-state index in [0.717, 1.165) is 23.1 Å². The van der Waals surface area contributed by atoms with Gasteiger partial charge in [-0.2, -0.15) is 0 Å². The van der Waals surface area contributed by atoms with Gasteiger partial charge in [-0.3, -0.25) is 9.89 Å². The van der Waals surface area contributed by atoms with E-state index in [2.05, 4.69) is 30.7 Å². The highest BCUT2D eigenvalue weighted by Crippen LogP contribution is 2.40. The molecule has 5 rings (SSSR count). The summed E-state index contributed by atoms with van der Waals surface area (Å²) in [5.74, 6) is -0.0301. The molecule has 0 N–H and O–H groups in total. The third kappa shape index (κ3) is 3.89. The SMILES string of the molecule is CCOC(=O)C1=C2CN(C3COC3)CCN2C(c2nccs2)=N[C@H]1c1ccc(F)cc1Br. The fourth-order valence-electron chi connectivity index (χ4n) is 4.24. The van der Waals surface area contributed by atoms with E-state index in [1.807, 2.05) is 5.38 Å². The van der Waals surface area contributed by atoms with Gasteiger partial charge >= 0.3 is 5.97 Å². The maximum Gasteiger partial charge on any atom is 0.338 e. The number of ether oxygens (including phenoxy) is 2. The number of hydrogen-bond donors (Lipinski definition) is 0. The zero-order valence-electron chi connectivity index (χ0n) is 17.5. The Morgan fingerprint density at radius 3 is 2.88 bits per heavy atom. The Hall–Kier alpha value is -2.14. The minimum Gasteiger partial charge on any atom is -0.463 e. The van der Waals surface area contributed by atoms with Crippen LogP contribution in [-0.2, 0) is 14.3 Å². The minimum atomic E-state index is -0.633. The summed E-state index contributed by atoms with van der Waals surface area (Å²) in [6, 6.07) is 4.16. The molecule has 1 aromatic carbocycles. The van der Waals surface area contributed by atoms with Crippen molar-refractivity contribution in [3.8, 4) is 0 Å². The number of aromatic nitrogens is 1. The van der Waals surface area contributed by atoms with Crippen LogP contribution in [0.2, 0.25) is 0 Å². The zero-order chi connectivity index (χ0) is 22.2. The number of carbonyl (C=O) groups excluding carboxylic acids is 1. The second-order valence-electron chi connectivity index (χ2n) is 7.75. The molecule has 0 radical (unpaired) electrons. The molecule has 0 bridgehead atoms. The molecule has 0 aliphatic carbocycles. The lowest BCUT2D eigenvalue weighted by atomic mass is 9.93. The maximum absolute atomic E-state index is 13.8. The van der Waals surface area contributed by atoms with Crippen molar-refractivity contribution in [2.45, 2.75) is 19.0 Å². The second-order valence-corrected chi connectivity index (χ2v) is 9.50. The molecular formula is C22H22BrFN4O3S. The Labute approximate surface area is 197 Å². The number of thiazole rings is 1. The average molecular weight is 521 g/mol. The number of halogens is 2. The van der Waals surface area contributed by atoms with E-state index in [-0.39, 0.29) is 12.4 Å². The number of piperazine rings is 1. The predicted octanol–water partition coefficient (Wildman–Crippen LogP) is 3.38. The molecule has 0 saturated carbocycles. The molecule has 10 heteroatoms. The number of aliphatic imine (C=N–C) groups is 1. The molecular weight excluding hydrogens is 499 g/mol. The highest BCUT2D eigenvalue weighted by molar-refractivity contribution is 9.10. The molecule has 4 heterocycles. The van der Waals surface area contributed by atoms with Gasteiger partial charge in [0.25, 0.3) is 0 Å². The van der Waals surface area contributed by atoms with Crippen molar-refractivity contribution in [1.82, 2.24) is 14.8 Å². The van der Waals surface area contributed by atoms with E-state index in [9.17, 15) is 9.18 Å². The lowest BCUT2D eigenvalue weighted by Gasteiger charge is -2.46. The van der Waals surface area contributed by atoms with Crippen LogP contribution in [0.3, 0.4) is 0 Å². The van der Waals surface area contributed by atoms with E-state index >= 15 is 0 Å². The summed E-state index contributed by atoms with van der Waals surface area (Å²) in [5, 5.41) is 2.70. The first-order valence-electron chi connectivity index (χ1n) is 10.5. The second kappa shape index (κ2) is 9.01. The fraction of sp³-hybridized carbons (Fsp3) is 0.409. The molecule has 1 atom stereocenters. The van der Waals surface area contributed by atoms with Crippen LogP contribution in [0.5, 0.6) is 0 Å². The first kappa shape index (κ1) is 21.7. The Bertz CT molecular complexity index is 1090. The fourth-order valence-corrected chi connectivity index (χ4v) is 5.44. The van der Waals surface area contributed by atoms with E-state index < -0.39 is 12.0 Å². The van der Waals surface area contributed by atoms with Crippen molar-refractivity contribution < 1.29 is 18.7 Å². The molecule has 32 heavy (non-hydrogen) atoms. The van der Waals surface area contributed by atoms with E-state index in [4.69, 9.17) is 14.5 Å². The number of rotatable bonds is 5. The number of esters is 1. The maximum atomic E-state index is 13.8. The van der Waals surface area contributed by atoms with Crippen molar-refractivity contribution in [3.05, 3.63) is 61.9 Å². The van der Waals surface area contributed by atoms with Gasteiger partial charge in [0.2, 0.25) is 0 Å². The van der Waals surface area contributed by atoms with Crippen molar-refractivity contribution >= 4 is 39.1 Å². The van der Waals surface area contributed by atoms with Crippen LogP contribution in [0.1, 0.15) is 23.5 Å². The summed E-state index contributed by atoms with van der Waals surface area (Å²) in [5.41, 5.74) is 2.06. The van der Waals surface area contributed by atoms with Crippen LogP contribution in [-0.4, -0.2) is 72.1 Å². The standard InChI is InChI=1S/C22H22BrFN4O3S/c1-2-31-22(29)18-17-10-27(14-11-30-12-14)6-7-28(17)20(21-25-5-8-32-21)26-19(18)15-4-3-13(24)9-16(15)23/h3-5,8-9,14,19H,2,6-7,10-12H2,1H3/t19-/m0/s1. The summed E-state index contributed by atoms with van der Waals surface area (Å²) in [6.45, 7) is 5.55. The van der Waals surface area contributed by atoms with Crippen LogP contribution >= 0.6 is 27.3 Å². The third-order valence-corrected chi connectivity index (χ3v) is 7.35. The first-order valence-corrected chi connectivity index (χ1v) is 12.2. The van der Waals surface area contributed by atoms with Crippen molar-refractivity contribution in [2.75, 3.05) is 39.5 Å². The van der Waals surface area contributed by atoms with Gasteiger partial charge in [0, 0.05) is 41.4 Å². The van der Waals surface area contributed by atoms with Crippen molar-refractivity contribution in [2.24, 2.45) is 4.99 Å². The van der Waals surface area contributed by atoms with Crippen LogP contribution in [0.25, 0.3) is 0 Å². The first-order chi connectivity index (χ1) is 15.6. The molecule has 168 valence electrons. The number of fused-ring (bicyclic) bond motifs is 1. The van der Waals surface area contributed by atoms with Gasteiger partial charge in [0.05, 0.1) is 31.4 Å². The summed E-state index contributed by atoms with van der Waals surface area (Å²) in [6.07, 6.45) is 1.75. The number of carbonyl (C=O) groups is 1. The highest BCUT2D eigenvalue weighted by Gasteiger charge is 2.42. The summed E-state index contributed by atoms with van der Waals surface area (Å²) in [4.78, 5) is 27.2. The third-order valence-electron chi connectivity index (χ3n) is 5.89. The van der Waals surface area contributed by atoms with E-state index in [1.54, 1.807) is 19.2 Å². The molecule has 1 aromatic heterocycles. The van der Waals surface area contributed by atoms with Crippen LogP contribution < -0.4 is 0 Å². The van der Waals surface area contributed by atoms with Crippen LogP contribution in [0, 0.1) is 5.82 Å². The van der Waals surface area contributed by atoms with Gasteiger partial charge in [0.15, 0.2) is 10.8 Å². The largest absolute Gasteiger partial charge is 0.463 e. The Kier molecular flexibility index (Phi) is 6.11. The molecule has 2 aromatic rings. The number of hydrogen-bond acceptors (Lipinski definition) is 8. The molecule has 7 nitrogen and oxygen atoms in total. The predicted molar refractivity (Wildman–Crippen MR) is 122 cm³/mol. The lowest BCUT2D eigenvalue weighted by molar-refractivity contribution is -0.139. The number of amidine groups is 1. The molecule has 3 aliphatic heterocycles. The van der Waals surface area contributed by atoms with Crippen LogP contribution in [0.4, 0.5) is 4.39 Å². The Morgan fingerprint density at radius 2 is 2.22 bits per heavy atom. The van der Waals surface area contributed by atoms with Gasteiger partial charge in [-0.05, 0) is 24.6 Å². The van der Waals surface area contributed by atoms with Gasteiger partial charge < -0.3 is 14.4 Å². The monoisotopic (exact) mass is 520 g/mol. The summed E-state index contributed by atoms with van der Waals surface area (Å²) in [7, 11) is 0. The van der Waals surface area contributed by atoms with Crippen molar-refractivity contribution in [1.29, 1.82) is 0 Å². The van der Waals surface area contributed by atoms with Gasteiger partial charge in [-0.15, -0.1) is 11.3 Å². The quantitative estimate of drug-likeness (QED) is 0.563. The smallest absolute Gasteiger partial charge is 0.338 e. The van der Waals surface area contributed by atoms with Crippen LogP contribution in [0.15, 0.2) is 50.5 Å². The molecule has 2 saturated heterocycles. The highest BCUT2D eigenvalue weighted by atomic mass is 79.9. The van der Waals surface area contributed by atoms with E-state index in [0.29, 0.717) is 48.0 Å². The molecule has 0 unspecified atom stereocenters. The topological polar surface area (TPSA) is 67.3 Å². The molecule has 0 amide bonds. The molecule has 2 fully saturated rings. The average Bonchev–Trinajstić information content (AvgIpc) is 3.26. The van der Waals surface area contributed by atoms with E-state index in [1.165, 1.54) is 23.5 Å². The van der Waals surface area contributed by atoms with Crippen molar-refractivity contribution in [3.63, 3.8) is 0 Å². The normalized spacial score (nSPS) is 21.8. The molecule has 3 aliphatic rings. The Balaban J connectivity index is 1.66. The minimum absolute atomic E-state index is 0.260.